The van der Waals surface area contributed by atoms with Crippen LogP contribution < -0.4 is 10.1 Å². The number of nitrogens with one attached hydrogen (secondary N) is 1. The van der Waals surface area contributed by atoms with Crippen LogP contribution in [0.15, 0.2) is 54.6 Å². The van der Waals surface area contributed by atoms with E-state index in [0.29, 0.717) is 5.75 Å². The summed E-state index contributed by atoms with van der Waals surface area (Å²) in [6.07, 6.45) is 0. The molecule has 0 heterocycles. The number of carbonyl (C=O) groups is 2. The minimum atomic E-state index is -1.08. The number of rotatable bonds is 6. The molecule has 0 aromatic heterocycles. The Morgan fingerprint density at radius 3 is 2.23 bits per heavy atom. The van der Waals surface area contributed by atoms with Crippen LogP contribution in [0.5, 0.6) is 5.75 Å². The Bertz CT molecular complexity index is 637. The molecule has 1 atom stereocenters. The average Bonchev–Trinajstić information content (AvgIpc) is 2.54. The van der Waals surface area contributed by atoms with Crippen molar-refractivity contribution in [1.82, 2.24) is 5.32 Å². The van der Waals surface area contributed by atoms with Gasteiger partial charge in [0.05, 0.1) is 0 Å². The van der Waals surface area contributed by atoms with E-state index in [4.69, 9.17) is 9.84 Å². The molecule has 5 heteroatoms. The van der Waals surface area contributed by atoms with E-state index in [2.05, 4.69) is 5.32 Å². The maximum Gasteiger partial charge on any atom is 0.325 e. The minimum Gasteiger partial charge on any atom is -0.484 e. The predicted octanol–water partition coefficient (Wildman–Crippen LogP) is 2.32. The second-order valence-electron chi connectivity index (χ2n) is 4.81. The van der Waals surface area contributed by atoms with Crippen LogP contribution in [0, 0.1) is 0 Å². The van der Waals surface area contributed by atoms with Gasteiger partial charge in [-0.25, -0.2) is 0 Å². The van der Waals surface area contributed by atoms with Crippen molar-refractivity contribution in [2.45, 2.75) is 13.0 Å². The number of hydrogen-bond donors (Lipinski definition) is 2. The summed E-state index contributed by atoms with van der Waals surface area (Å²) in [6.45, 7) is 1.18. The first kappa shape index (κ1) is 15.6. The number of carboxylic acid groups (broad SMARTS) is 1. The second kappa shape index (κ2) is 7.26. The van der Waals surface area contributed by atoms with Gasteiger partial charge in [0.2, 0.25) is 0 Å². The molecule has 2 N–H and O–H groups in total. The van der Waals surface area contributed by atoms with Gasteiger partial charge in [-0.2, -0.15) is 0 Å². The third-order valence-corrected chi connectivity index (χ3v) is 3.08. The number of hydrogen-bond acceptors (Lipinski definition) is 3. The summed E-state index contributed by atoms with van der Waals surface area (Å²) in [5, 5.41) is 11.0. The van der Waals surface area contributed by atoms with Gasteiger partial charge in [0, 0.05) is 0 Å². The lowest BCUT2D eigenvalue weighted by atomic mass is 10.1. The molecule has 5 nitrogen and oxygen atoms in total. The number of aliphatic carboxylic acids is 1. The van der Waals surface area contributed by atoms with Gasteiger partial charge in [-0.15, -0.1) is 0 Å². The summed E-state index contributed by atoms with van der Waals surface area (Å²) in [5.41, 5.74) is 2.15. The van der Waals surface area contributed by atoms with Gasteiger partial charge in [-0.3, -0.25) is 9.59 Å². The van der Waals surface area contributed by atoms with Crippen LogP contribution in [-0.4, -0.2) is 29.6 Å². The molecule has 0 aliphatic rings. The summed E-state index contributed by atoms with van der Waals surface area (Å²) >= 11 is 0. The Labute approximate surface area is 128 Å². The molecule has 0 fully saturated rings. The van der Waals surface area contributed by atoms with Gasteiger partial charge in [0.25, 0.3) is 5.91 Å². The second-order valence-corrected chi connectivity index (χ2v) is 4.81. The highest BCUT2D eigenvalue weighted by Crippen LogP contribution is 2.21. The highest BCUT2D eigenvalue weighted by Gasteiger charge is 2.14. The molecule has 0 aliphatic carbocycles. The van der Waals surface area contributed by atoms with Crippen LogP contribution in [0.4, 0.5) is 0 Å². The zero-order valence-electron chi connectivity index (χ0n) is 12.2. The predicted molar refractivity (Wildman–Crippen MR) is 82.6 cm³/mol. The van der Waals surface area contributed by atoms with Crippen molar-refractivity contribution in [2.75, 3.05) is 6.61 Å². The lowest BCUT2D eigenvalue weighted by Crippen LogP contribution is -2.40. The van der Waals surface area contributed by atoms with Crippen LogP contribution in [0.2, 0.25) is 0 Å². The molecule has 0 unspecified atom stereocenters. The Balaban J connectivity index is 1.89. The fourth-order valence-electron chi connectivity index (χ4n) is 1.87. The van der Waals surface area contributed by atoms with Crippen molar-refractivity contribution in [3.8, 4) is 16.9 Å². The van der Waals surface area contributed by atoms with Gasteiger partial charge < -0.3 is 15.2 Å². The number of carbonyl (C=O) groups excluding carboxylic acids is 1. The SMILES string of the molecule is C[C@@H](NC(=O)COc1ccc(-c2ccccc2)cc1)C(=O)O. The van der Waals surface area contributed by atoms with E-state index < -0.39 is 17.9 Å². The summed E-state index contributed by atoms with van der Waals surface area (Å²) in [4.78, 5) is 22.1. The van der Waals surface area contributed by atoms with Gasteiger partial charge >= 0.3 is 5.97 Å². The summed E-state index contributed by atoms with van der Waals surface area (Å²) in [6, 6.07) is 16.3. The smallest absolute Gasteiger partial charge is 0.325 e. The number of ether oxygens (including phenoxy) is 1. The van der Waals surface area contributed by atoms with E-state index in [1.54, 1.807) is 12.1 Å². The van der Waals surface area contributed by atoms with E-state index in [0.717, 1.165) is 11.1 Å². The van der Waals surface area contributed by atoms with Crippen molar-refractivity contribution in [3.63, 3.8) is 0 Å². The molecular weight excluding hydrogens is 282 g/mol. The topological polar surface area (TPSA) is 75.6 Å². The molecule has 2 rings (SSSR count). The van der Waals surface area contributed by atoms with Crippen molar-refractivity contribution in [3.05, 3.63) is 54.6 Å². The monoisotopic (exact) mass is 299 g/mol. The summed E-state index contributed by atoms with van der Waals surface area (Å²) in [7, 11) is 0. The highest BCUT2D eigenvalue weighted by atomic mass is 16.5. The zero-order valence-corrected chi connectivity index (χ0v) is 12.2. The highest BCUT2D eigenvalue weighted by molar-refractivity contribution is 5.84. The Hall–Kier alpha value is -2.82. The Kier molecular flexibility index (Phi) is 5.14. The third-order valence-electron chi connectivity index (χ3n) is 3.08. The molecule has 2 aromatic rings. The molecule has 22 heavy (non-hydrogen) atoms. The molecule has 114 valence electrons. The molecule has 0 radical (unpaired) electrons. The lowest BCUT2D eigenvalue weighted by Gasteiger charge is -2.10. The maximum absolute atomic E-state index is 11.5. The first-order valence-electron chi connectivity index (χ1n) is 6.86. The van der Waals surface area contributed by atoms with Crippen LogP contribution in [-0.2, 0) is 9.59 Å². The molecule has 0 bridgehead atoms. The average molecular weight is 299 g/mol. The zero-order chi connectivity index (χ0) is 15.9. The largest absolute Gasteiger partial charge is 0.484 e. The Morgan fingerprint density at radius 2 is 1.64 bits per heavy atom. The first-order chi connectivity index (χ1) is 10.6. The van der Waals surface area contributed by atoms with Crippen LogP contribution >= 0.6 is 0 Å². The van der Waals surface area contributed by atoms with Gasteiger partial charge in [0.15, 0.2) is 6.61 Å². The van der Waals surface area contributed by atoms with Gasteiger partial charge in [-0.05, 0) is 30.2 Å². The van der Waals surface area contributed by atoms with E-state index in [1.165, 1.54) is 6.92 Å². The molecule has 0 saturated carbocycles. The van der Waals surface area contributed by atoms with Crippen LogP contribution in [0.1, 0.15) is 6.92 Å². The number of benzene rings is 2. The molecule has 2 aromatic carbocycles. The van der Waals surface area contributed by atoms with E-state index in [9.17, 15) is 9.59 Å². The van der Waals surface area contributed by atoms with Gasteiger partial charge in [0.1, 0.15) is 11.8 Å². The van der Waals surface area contributed by atoms with E-state index in [-0.39, 0.29) is 6.61 Å². The van der Waals surface area contributed by atoms with Crippen molar-refractivity contribution in [2.24, 2.45) is 0 Å². The lowest BCUT2D eigenvalue weighted by molar-refractivity contribution is -0.141. The maximum atomic E-state index is 11.5. The van der Waals surface area contributed by atoms with Crippen molar-refractivity contribution < 1.29 is 19.4 Å². The standard InChI is InChI=1S/C17H17NO4/c1-12(17(20)21)18-16(19)11-22-15-9-7-14(8-10-15)13-5-3-2-4-6-13/h2-10,12H,11H2,1H3,(H,18,19)(H,20,21)/t12-/m1/s1. The normalized spacial score (nSPS) is 11.5. The summed E-state index contributed by atoms with van der Waals surface area (Å²) < 4.78 is 5.33. The third kappa shape index (κ3) is 4.34. The minimum absolute atomic E-state index is 0.220. The number of amides is 1. The molecule has 1 amide bonds. The number of carboxylic acids is 1. The molecule has 0 saturated heterocycles. The fraction of sp³-hybridized carbons (Fsp3) is 0.176. The van der Waals surface area contributed by atoms with Crippen LogP contribution in [0.25, 0.3) is 11.1 Å². The molecular formula is C17H17NO4. The summed E-state index contributed by atoms with van der Waals surface area (Å²) in [5.74, 6) is -1.000. The van der Waals surface area contributed by atoms with Crippen molar-refractivity contribution in [1.29, 1.82) is 0 Å². The Morgan fingerprint density at radius 1 is 1.05 bits per heavy atom. The first-order valence-corrected chi connectivity index (χ1v) is 6.86. The van der Waals surface area contributed by atoms with Gasteiger partial charge in [-0.1, -0.05) is 42.5 Å². The van der Waals surface area contributed by atoms with Crippen LogP contribution in [0.3, 0.4) is 0 Å². The van der Waals surface area contributed by atoms with E-state index >= 15 is 0 Å². The molecule has 0 spiro atoms. The molecule has 0 aliphatic heterocycles. The van der Waals surface area contributed by atoms with Crippen molar-refractivity contribution >= 4 is 11.9 Å². The quantitative estimate of drug-likeness (QED) is 0.858. The van der Waals surface area contributed by atoms with E-state index in [1.807, 2.05) is 42.5 Å². The fourth-order valence-corrected chi connectivity index (χ4v) is 1.87.